The second kappa shape index (κ2) is 4.00. The van der Waals surface area contributed by atoms with E-state index in [0.29, 0.717) is 17.9 Å². The molecule has 2 aromatic rings. The van der Waals surface area contributed by atoms with E-state index in [2.05, 4.69) is 10.6 Å². The van der Waals surface area contributed by atoms with E-state index >= 15 is 0 Å². The normalized spacial score (nSPS) is 18.1. The zero-order valence-corrected chi connectivity index (χ0v) is 9.65. The minimum absolute atomic E-state index is 0.0590. The summed E-state index contributed by atoms with van der Waals surface area (Å²) in [7, 11) is 0. The quantitative estimate of drug-likeness (QED) is 0.810. The average Bonchev–Trinajstić information content (AvgIpc) is 2.81. The number of nitrogens with one attached hydrogen (secondary N) is 2. The zero-order chi connectivity index (χ0) is 11.8. The predicted molar refractivity (Wildman–Crippen MR) is 65.5 cm³/mol. The Morgan fingerprint density at radius 1 is 1.29 bits per heavy atom. The number of anilines is 2. The number of hydrogen-bond acceptors (Lipinski definition) is 3. The molecule has 0 bridgehead atoms. The molecular formula is C12H10F2N2S. The molecule has 3 rings (SSSR count). The molecular weight excluding hydrogens is 242 g/mol. The van der Waals surface area contributed by atoms with E-state index in [1.807, 2.05) is 17.5 Å². The van der Waals surface area contributed by atoms with Crippen molar-refractivity contribution in [2.45, 2.75) is 6.04 Å². The Balaban J connectivity index is 1.95. The number of halogens is 2. The van der Waals surface area contributed by atoms with Crippen LogP contribution in [0.2, 0.25) is 0 Å². The van der Waals surface area contributed by atoms with Crippen LogP contribution in [0.3, 0.4) is 0 Å². The molecule has 2 N–H and O–H groups in total. The molecule has 1 aliphatic heterocycles. The molecule has 1 aliphatic rings. The molecule has 2 nitrogen and oxygen atoms in total. The Labute approximate surface area is 101 Å². The van der Waals surface area contributed by atoms with Gasteiger partial charge in [-0.2, -0.15) is 0 Å². The fourth-order valence-corrected chi connectivity index (χ4v) is 2.75. The van der Waals surface area contributed by atoms with Crippen LogP contribution in [-0.2, 0) is 0 Å². The Bertz CT molecular complexity index is 540. The molecule has 1 aromatic heterocycles. The molecule has 0 amide bonds. The van der Waals surface area contributed by atoms with E-state index in [1.54, 1.807) is 11.3 Å². The van der Waals surface area contributed by atoms with Crippen molar-refractivity contribution in [1.29, 1.82) is 0 Å². The van der Waals surface area contributed by atoms with E-state index in [0.717, 1.165) is 10.9 Å². The van der Waals surface area contributed by atoms with Crippen LogP contribution in [0.5, 0.6) is 0 Å². The van der Waals surface area contributed by atoms with Gasteiger partial charge in [0.05, 0.1) is 17.4 Å². The van der Waals surface area contributed by atoms with Crippen LogP contribution in [0, 0.1) is 11.6 Å². The Hall–Kier alpha value is -1.62. The number of thiophene rings is 1. The highest BCUT2D eigenvalue weighted by Gasteiger charge is 2.22. The summed E-state index contributed by atoms with van der Waals surface area (Å²) < 4.78 is 26.6. The molecule has 0 spiro atoms. The number of benzene rings is 1. The molecule has 0 fully saturated rings. The van der Waals surface area contributed by atoms with Gasteiger partial charge in [-0.25, -0.2) is 8.78 Å². The zero-order valence-electron chi connectivity index (χ0n) is 8.84. The molecule has 0 saturated heterocycles. The van der Waals surface area contributed by atoms with Crippen molar-refractivity contribution in [3.05, 3.63) is 46.2 Å². The summed E-state index contributed by atoms with van der Waals surface area (Å²) in [5.74, 6) is -1.13. The summed E-state index contributed by atoms with van der Waals surface area (Å²) >= 11 is 1.62. The Morgan fingerprint density at radius 3 is 2.94 bits per heavy atom. The minimum atomic E-state index is -0.567. The van der Waals surface area contributed by atoms with Crippen molar-refractivity contribution in [3.63, 3.8) is 0 Å². The minimum Gasteiger partial charge on any atom is -0.379 e. The van der Waals surface area contributed by atoms with Gasteiger partial charge >= 0.3 is 0 Å². The van der Waals surface area contributed by atoms with Gasteiger partial charge < -0.3 is 10.6 Å². The van der Waals surface area contributed by atoms with Gasteiger partial charge in [0.15, 0.2) is 5.82 Å². The smallest absolute Gasteiger partial charge is 0.151 e. The summed E-state index contributed by atoms with van der Waals surface area (Å²) in [6.45, 7) is 0.593. The maximum absolute atomic E-state index is 13.5. The lowest BCUT2D eigenvalue weighted by Crippen LogP contribution is -2.26. The summed E-state index contributed by atoms with van der Waals surface area (Å²) in [4.78, 5) is 1.15. The third-order valence-corrected chi connectivity index (χ3v) is 3.74. The molecule has 1 aromatic carbocycles. The number of rotatable bonds is 1. The van der Waals surface area contributed by atoms with Crippen molar-refractivity contribution < 1.29 is 8.78 Å². The van der Waals surface area contributed by atoms with E-state index < -0.39 is 11.6 Å². The highest BCUT2D eigenvalue weighted by atomic mass is 32.1. The fourth-order valence-electron chi connectivity index (χ4n) is 1.97. The Kier molecular flexibility index (Phi) is 2.48. The topological polar surface area (TPSA) is 24.1 Å². The number of fused-ring (bicyclic) bond motifs is 1. The lowest BCUT2D eigenvalue weighted by Gasteiger charge is -2.28. The second-order valence-corrected chi connectivity index (χ2v) is 4.88. The van der Waals surface area contributed by atoms with Gasteiger partial charge in [0.2, 0.25) is 0 Å². The second-order valence-electron chi connectivity index (χ2n) is 3.90. The third-order valence-electron chi connectivity index (χ3n) is 2.75. The van der Waals surface area contributed by atoms with E-state index in [9.17, 15) is 8.78 Å². The molecule has 1 unspecified atom stereocenters. The monoisotopic (exact) mass is 252 g/mol. The maximum Gasteiger partial charge on any atom is 0.151 e. The fraction of sp³-hybridized carbons (Fsp3) is 0.167. The standard InChI is InChI=1S/C12H10F2N2S/c13-7-4-8(14)12-9(5-7)16-10(6-15-12)11-2-1-3-17-11/h1-5,10,15-16H,6H2. The van der Waals surface area contributed by atoms with Gasteiger partial charge in [-0.3, -0.25) is 0 Å². The third kappa shape index (κ3) is 1.86. The van der Waals surface area contributed by atoms with Crippen molar-refractivity contribution in [2.24, 2.45) is 0 Å². The van der Waals surface area contributed by atoms with Crippen LogP contribution >= 0.6 is 11.3 Å². The first kappa shape index (κ1) is 10.5. The van der Waals surface area contributed by atoms with Gasteiger partial charge in [0.25, 0.3) is 0 Å². The maximum atomic E-state index is 13.5. The van der Waals surface area contributed by atoms with E-state index in [4.69, 9.17) is 0 Å². The largest absolute Gasteiger partial charge is 0.379 e. The number of hydrogen-bond donors (Lipinski definition) is 2. The summed E-state index contributed by atoms with van der Waals surface area (Å²) in [6.07, 6.45) is 0. The summed E-state index contributed by atoms with van der Waals surface area (Å²) in [5, 5.41) is 8.13. The van der Waals surface area contributed by atoms with Gasteiger partial charge in [0.1, 0.15) is 5.82 Å². The van der Waals surface area contributed by atoms with Crippen molar-refractivity contribution in [2.75, 3.05) is 17.2 Å². The van der Waals surface area contributed by atoms with Crippen LogP contribution in [0.25, 0.3) is 0 Å². The van der Waals surface area contributed by atoms with Gasteiger partial charge in [-0.1, -0.05) is 6.07 Å². The lowest BCUT2D eigenvalue weighted by molar-refractivity contribution is 0.582. The SMILES string of the molecule is Fc1cc(F)c2c(c1)NC(c1cccs1)CN2. The first-order valence-electron chi connectivity index (χ1n) is 5.27. The predicted octanol–water partition coefficient (Wildman–Crippen LogP) is 3.61. The van der Waals surface area contributed by atoms with E-state index in [-0.39, 0.29) is 6.04 Å². The van der Waals surface area contributed by atoms with Crippen LogP contribution in [0.15, 0.2) is 29.6 Å². The highest BCUT2D eigenvalue weighted by molar-refractivity contribution is 7.10. The molecule has 17 heavy (non-hydrogen) atoms. The molecule has 88 valence electrons. The summed E-state index contributed by atoms with van der Waals surface area (Å²) in [5.41, 5.74) is 0.825. The first-order chi connectivity index (χ1) is 8.24. The van der Waals surface area contributed by atoms with Crippen LogP contribution in [0.1, 0.15) is 10.9 Å². The van der Waals surface area contributed by atoms with Crippen LogP contribution in [0.4, 0.5) is 20.2 Å². The van der Waals surface area contributed by atoms with Crippen molar-refractivity contribution >= 4 is 22.7 Å². The molecule has 2 heterocycles. The first-order valence-corrected chi connectivity index (χ1v) is 6.15. The molecule has 1 atom stereocenters. The molecule has 5 heteroatoms. The van der Waals surface area contributed by atoms with Gasteiger partial charge in [0, 0.05) is 17.5 Å². The van der Waals surface area contributed by atoms with Crippen LogP contribution < -0.4 is 10.6 Å². The van der Waals surface area contributed by atoms with Crippen molar-refractivity contribution in [1.82, 2.24) is 0 Å². The molecule has 0 aliphatic carbocycles. The Morgan fingerprint density at radius 2 is 2.18 bits per heavy atom. The summed E-state index contributed by atoms with van der Waals surface area (Å²) in [6, 6.07) is 6.22. The van der Waals surface area contributed by atoms with Crippen LogP contribution in [-0.4, -0.2) is 6.54 Å². The molecule has 0 saturated carbocycles. The average molecular weight is 252 g/mol. The van der Waals surface area contributed by atoms with Gasteiger partial charge in [-0.05, 0) is 17.5 Å². The van der Waals surface area contributed by atoms with Gasteiger partial charge in [-0.15, -0.1) is 11.3 Å². The van der Waals surface area contributed by atoms with Crippen molar-refractivity contribution in [3.8, 4) is 0 Å². The molecule has 0 radical (unpaired) electrons. The van der Waals surface area contributed by atoms with E-state index in [1.165, 1.54) is 6.07 Å². The lowest BCUT2D eigenvalue weighted by atomic mass is 10.1. The highest BCUT2D eigenvalue weighted by Crippen LogP contribution is 2.35.